The third-order valence-electron chi connectivity index (χ3n) is 4.33. The van der Waals surface area contributed by atoms with Gasteiger partial charge in [-0.05, 0) is 45.1 Å². The molecule has 0 aromatic heterocycles. The van der Waals surface area contributed by atoms with Crippen LogP contribution in [0.2, 0.25) is 0 Å². The number of nitrogens with zero attached hydrogens (tertiary/aromatic N) is 1. The maximum atomic E-state index is 3.75. The summed E-state index contributed by atoms with van der Waals surface area (Å²) in [5.41, 5.74) is 0. The SMILES string of the molecule is CC1CCCC(NCCN(C)C2CC2)CC1. The van der Waals surface area contributed by atoms with Crippen LogP contribution in [0.4, 0.5) is 0 Å². The minimum Gasteiger partial charge on any atom is -0.313 e. The molecule has 1 N–H and O–H groups in total. The van der Waals surface area contributed by atoms with Crippen molar-refractivity contribution in [1.82, 2.24) is 10.2 Å². The summed E-state index contributed by atoms with van der Waals surface area (Å²) in [6.07, 6.45) is 9.95. The average Bonchev–Trinajstić information content (AvgIpc) is 3.06. The molecule has 2 aliphatic carbocycles. The van der Waals surface area contributed by atoms with Gasteiger partial charge >= 0.3 is 0 Å². The summed E-state index contributed by atoms with van der Waals surface area (Å²) < 4.78 is 0. The second kappa shape index (κ2) is 6.02. The molecule has 0 aliphatic heterocycles. The van der Waals surface area contributed by atoms with Crippen LogP contribution >= 0.6 is 0 Å². The Labute approximate surface area is 101 Å². The van der Waals surface area contributed by atoms with E-state index in [-0.39, 0.29) is 0 Å². The van der Waals surface area contributed by atoms with Crippen molar-refractivity contribution < 1.29 is 0 Å². The molecule has 2 fully saturated rings. The molecule has 0 bridgehead atoms. The maximum Gasteiger partial charge on any atom is 0.0107 e. The zero-order chi connectivity index (χ0) is 11.4. The van der Waals surface area contributed by atoms with Crippen molar-refractivity contribution >= 4 is 0 Å². The van der Waals surface area contributed by atoms with Crippen molar-refractivity contribution in [2.24, 2.45) is 5.92 Å². The van der Waals surface area contributed by atoms with Crippen LogP contribution in [0, 0.1) is 5.92 Å². The molecule has 2 aliphatic rings. The first-order valence-electron chi connectivity index (χ1n) is 7.19. The lowest BCUT2D eigenvalue weighted by Gasteiger charge is -2.20. The Bertz CT molecular complexity index is 201. The Morgan fingerprint density at radius 3 is 2.62 bits per heavy atom. The second-order valence-electron chi connectivity index (χ2n) is 5.98. The predicted molar refractivity (Wildman–Crippen MR) is 69.7 cm³/mol. The van der Waals surface area contributed by atoms with Gasteiger partial charge in [0.15, 0.2) is 0 Å². The molecular formula is C14H28N2. The van der Waals surface area contributed by atoms with Gasteiger partial charge in [0.25, 0.3) is 0 Å². The summed E-state index contributed by atoms with van der Waals surface area (Å²) in [5.74, 6) is 0.959. The van der Waals surface area contributed by atoms with Crippen molar-refractivity contribution in [3.05, 3.63) is 0 Å². The molecule has 2 heteroatoms. The van der Waals surface area contributed by atoms with Crippen LogP contribution in [0.25, 0.3) is 0 Å². The molecule has 16 heavy (non-hydrogen) atoms. The number of nitrogens with one attached hydrogen (secondary N) is 1. The lowest BCUT2D eigenvalue weighted by molar-refractivity contribution is 0.309. The molecule has 0 spiro atoms. The largest absolute Gasteiger partial charge is 0.313 e. The molecule has 94 valence electrons. The van der Waals surface area contributed by atoms with E-state index in [1.807, 2.05) is 0 Å². The van der Waals surface area contributed by atoms with Gasteiger partial charge in [-0.3, -0.25) is 0 Å². The molecule has 0 amide bonds. The van der Waals surface area contributed by atoms with Gasteiger partial charge in [-0.15, -0.1) is 0 Å². The third kappa shape index (κ3) is 4.06. The fraction of sp³-hybridized carbons (Fsp3) is 1.00. The van der Waals surface area contributed by atoms with E-state index in [1.54, 1.807) is 0 Å². The van der Waals surface area contributed by atoms with Crippen LogP contribution in [-0.4, -0.2) is 37.1 Å². The molecule has 0 aromatic rings. The summed E-state index contributed by atoms with van der Waals surface area (Å²) in [4.78, 5) is 2.52. The predicted octanol–water partition coefficient (Wildman–Crippen LogP) is 2.64. The lowest BCUT2D eigenvalue weighted by atomic mass is 10.0. The first-order chi connectivity index (χ1) is 7.75. The van der Waals surface area contributed by atoms with Crippen LogP contribution in [0.15, 0.2) is 0 Å². The summed E-state index contributed by atoms with van der Waals surface area (Å²) in [5, 5.41) is 3.75. The van der Waals surface area contributed by atoms with E-state index in [2.05, 4.69) is 24.2 Å². The monoisotopic (exact) mass is 224 g/mol. The summed E-state index contributed by atoms with van der Waals surface area (Å²) in [7, 11) is 2.27. The van der Waals surface area contributed by atoms with E-state index in [1.165, 1.54) is 58.0 Å². The highest BCUT2D eigenvalue weighted by Gasteiger charge is 2.25. The highest BCUT2D eigenvalue weighted by atomic mass is 15.2. The highest BCUT2D eigenvalue weighted by Crippen LogP contribution is 2.25. The zero-order valence-corrected chi connectivity index (χ0v) is 11.0. The van der Waals surface area contributed by atoms with Crippen LogP contribution in [0.3, 0.4) is 0 Å². The molecular weight excluding hydrogens is 196 g/mol. The Hall–Kier alpha value is -0.0800. The van der Waals surface area contributed by atoms with Crippen molar-refractivity contribution in [2.75, 3.05) is 20.1 Å². The normalized spacial score (nSPS) is 31.7. The molecule has 2 nitrogen and oxygen atoms in total. The van der Waals surface area contributed by atoms with E-state index in [4.69, 9.17) is 0 Å². The third-order valence-corrected chi connectivity index (χ3v) is 4.33. The van der Waals surface area contributed by atoms with Gasteiger partial charge < -0.3 is 10.2 Å². The topological polar surface area (TPSA) is 15.3 Å². The first-order valence-corrected chi connectivity index (χ1v) is 7.19. The summed E-state index contributed by atoms with van der Waals surface area (Å²) in [6.45, 7) is 4.83. The van der Waals surface area contributed by atoms with E-state index in [0.29, 0.717) is 0 Å². The van der Waals surface area contributed by atoms with Crippen molar-refractivity contribution in [2.45, 2.75) is 64.0 Å². The van der Waals surface area contributed by atoms with Crippen LogP contribution < -0.4 is 5.32 Å². The fourth-order valence-electron chi connectivity index (χ4n) is 2.83. The molecule has 2 atom stereocenters. The van der Waals surface area contributed by atoms with Gasteiger partial charge in [-0.2, -0.15) is 0 Å². The highest BCUT2D eigenvalue weighted by molar-refractivity contribution is 4.83. The Balaban J connectivity index is 1.57. The maximum absolute atomic E-state index is 3.75. The quantitative estimate of drug-likeness (QED) is 0.722. The second-order valence-corrected chi connectivity index (χ2v) is 5.98. The van der Waals surface area contributed by atoms with Crippen molar-refractivity contribution in [3.8, 4) is 0 Å². The van der Waals surface area contributed by atoms with Crippen molar-refractivity contribution in [1.29, 1.82) is 0 Å². The number of rotatable bonds is 5. The van der Waals surface area contributed by atoms with Gasteiger partial charge in [0.05, 0.1) is 0 Å². The molecule has 2 rings (SSSR count). The summed E-state index contributed by atoms with van der Waals surface area (Å²) >= 11 is 0. The molecule has 0 heterocycles. The van der Waals surface area contributed by atoms with Gasteiger partial charge in [-0.25, -0.2) is 0 Å². The Kier molecular flexibility index (Phi) is 4.66. The number of likely N-dealkylation sites (N-methyl/N-ethyl adjacent to an activating group) is 1. The zero-order valence-electron chi connectivity index (χ0n) is 11.0. The Morgan fingerprint density at radius 1 is 1.06 bits per heavy atom. The van der Waals surface area contributed by atoms with Crippen LogP contribution in [-0.2, 0) is 0 Å². The average molecular weight is 224 g/mol. The smallest absolute Gasteiger partial charge is 0.0107 e. The molecule has 2 saturated carbocycles. The molecule has 2 unspecified atom stereocenters. The van der Waals surface area contributed by atoms with Crippen LogP contribution in [0.1, 0.15) is 51.9 Å². The van der Waals surface area contributed by atoms with Gasteiger partial charge in [-0.1, -0.05) is 19.8 Å². The molecule has 0 aromatic carbocycles. The van der Waals surface area contributed by atoms with E-state index >= 15 is 0 Å². The fourth-order valence-corrected chi connectivity index (χ4v) is 2.83. The molecule has 0 radical (unpaired) electrons. The van der Waals surface area contributed by atoms with Crippen molar-refractivity contribution in [3.63, 3.8) is 0 Å². The standard InChI is InChI=1S/C14H28N2/c1-12-4-3-5-13(7-6-12)15-10-11-16(2)14-8-9-14/h12-15H,3-11H2,1-2H3. The van der Waals surface area contributed by atoms with E-state index in [9.17, 15) is 0 Å². The molecule has 0 saturated heterocycles. The van der Waals surface area contributed by atoms with Gasteiger partial charge in [0, 0.05) is 25.2 Å². The van der Waals surface area contributed by atoms with Crippen LogP contribution in [0.5, 0.6) is 0 Å². The van der Waals surface area contributed by atoms with E-state index < -0.39 is 0 Å². The lowest BCUT2D eigenvalue weighted by Crippen LogP contribution is -2.36. The Morgan fingerprint density at radius 2 is 1.88 bits per heavy atom. The minimum atomic E-state index is 0.803. The number of hydrogen-bond acceptors (Lipinski definition) is 2. The minimum absolute atomic E-state index is 0.803. The first kappa shape index (κ1) is 12.4. The summed E-state index contributed by atoms with van der Waals surface area (Å²) in [6, 6.07) is 1.72. The van der Waals surface area contributed by atoms with Gasteiger partial charge in [0.2, 0.25) is 0 Å². The van der Waals surface area contributed by atoms with Gasteiger partial charge in [0.1, 0.15) is 0 Å². The van der Waals surface area contributed by atoms with E-state index in [0.717, 1.165) is 18.0 Å². The number of hydrogen-bond donors (Lipinski definition) is 1.